The number of amides is 1. The molecule has 1 saturated heterocycles. The predicted molar refractivity (Wildman–Crippen MR) is 98.9 cm³/mol. The van der Waals surface area contributed by atoms with Crippen LogP contribution in [0.3, 0.4) is 0 Å². The predicted octanol–water partition coefficient (Wildman–Crippen LogP) is 3.87. The largest absolute Gasteiger partial charge is 0.423 e. The number of fused-ring (bicyclic) bond motifs is 1. The quantitative estimate of drug-likeness (QED) is 0.780. The van der Waals surface area contributed by atoms with Crippen LogP contribution in [-0.4, -0.2) is 41.5 Å². The number of carbonyl (C=O) groups is 1. The van der Waals surface area contributed by atoms with E-state index in [1.165, 1.54) is 0 Å². The molecule has 0 N–H and O–H groups in total. The number of nitrogens with zero attached hydrogens (tertiary/aromatic N) is 3. The van der Waals surface area contributed by atoms with Crippen molar-refractivity contribution in [2.24, 2.45) is 5.92 Å². The summed E-state index contributed by atoms with van der Waals surface area (Å²) >= 11 is 6.00. The van der Waals surface area contributed by atoms with Gasteiger partial charge < -0.3 is 14.2 Å². The van der Waals surface area contributed by atoms with Crippen LogP contribution in [0.4, 0.5) is 6.01 Å². The van der Waals surface area contributed by atoms with Crippen LogP contribution in [0.5, 0.6) is 0 Å². The third kappa shape index (κ3) is 3.13. The summed E-state index contributed by atoms with van der Waals surface area (Å²) in [5.74, 6) is 0.393. The van der Waals surface area contributed by atoms with Gasteiger partial charge in [0.2, 0.25) is 5.91 Å². The molecule has 0 bridgehead atoms. The zero-order valence-corrected chi connectivity index (χ0v) is 15.1. The SMILES string of the molecule is CCC1C=CCN1C(=O)C1CCN(c2nc3ccc(Cl)cc3o2)CC1. The van der Waals surface area contributed by atoms with E-state index in [2.05, 4.69) is 29.0 Å². The molecule has 6 heteroatoms. The van der Waals surface area contributed by atoms with Crippen molar-refractivity contribution in [3.63, 3.8) is 0 Å². The first-order valence-electron chi connectivity index (χ1n) is 8.94. The van der Waals surface area contributed by atoms with Crippen molar-refractivity contribution in [1.29, 1.82) is 0 Å². The van der Waals surface area contributed by atoms with E-state index in [4.69, 9.17) is 16.0 Å². The fraction of sp³-hybridized carbons (Fsp3) is 0.474. The molecule has 1 aromatic carbocycles. The number of piperidine rings is 1. The third-order valence-electron chi connectivity index (χ3n) is 5.22. The Hall–Kier alpha value is -2.01. The summed E-state index contributed by atoms with van der Waals surface area (Å²) in [6, 6.07) is 6.36. The lowest BCUT2D eigenvalue weighted by atomic mass is 9.95. The summed E-state index contributed by atoms with van der Waals surface area (Å²) in [4.78, 5) is 21.5. The van der Waals surface area contributed by atoms with Gasteiger partial charge in [-0.2, -0.15) is 4.98 Å². The van der Waals surface area contributed by atoms with Gasteiger partial charge in [-0.25, -0.2) is 0 Å². The summed E-state index contributed by atoms with van der Waals surface area (Å²) < 4.78 is 5.84. The lowest BCUT2D eigenvalue weighted by molar-refractivity contribution is -0.136. The van der Waals surface area contributed by atoms with Crippen molar-refractivity contribution in [3.8, 4) is 0 Å². The summed E-state index contributed by atoms with van der Waals surface area (Å²) in [6.45, 7) is 4.45. The van der Waals surface area contributed by atoms with Crippen molar-refractivity contribution >= 4 is 34.6 Å². The Morgan fingerprint density at radius 3 is 2.92 bits per heavy atom. The van der Waals surface area contributed by atoms with Crippen LogP contribution >= 0.6 is 11.6 Å². The topological polar surface area (TPSA) is 49.6 Å². The molecule has 1 unspecified atom stereocenters. The van der Waals surface area contributed by atoms with Gasteiger partial charge in [-0.15, -0.1) is 0 Å². The molecule has 0 radical (unpaired) electrons. The van der Waals surface area contributed by atoms with Crippen molar-refractivity contribution in [1.82, 2.24) is 9.88 Å². The highest BCUT2D eigenvalue weighted by Crippen LogP contribution is 2.29. The van der Waals surface area contributed by atoms with E-state index in [9.17, 15) is 4.79 Å². The van der Waals surface area contributed by atoms with Gasteiger partial charge in [0.15, 0.2) is 5.58 Å². The number of carbonyl (C=O) groups excluding carboxylic acids is 1. The van der Waals surface area contributed by atoms with Crippen LogP contribution < -0.4 is 4.90 Å². The van der Waals surface area contributed by atoms with E-state index in [1.54, 1.807) is 6.07 Å². The van der Waals surface area contributed by atoms with Crippen LogP contribution in [0.2, 0.25) is 5.02 Å². The molecule has 132 valence electrons. The van der Waals surface area contributed by atoms with Crippen molar-refractivity contribution in [2.75, 3.05) is 24.5 Å². The number of oxazole rings is 1. The minimum atomic E-state index is 0.101. The minimum absolute atomic E-state index is 0.101. The minimum Gasteiger partial charge on any atom is -0.423 e. The fourth-order valence-electron chi connectivity index (χ4n) is 3.75. The molecule has 1 amide bonds. The van der Waals surface area contributed by atoms with Crippen molar-refractivity contribution in [3.05, 3.63) is 35.4 Å². The van der Waals surface area contributed by atoms with Crippen molar-refractivity contribution in [2.45, 2.75) is 32.2 Å². The zero-order valence-electron chi connectivity index (χ0n) is 14.3. The second-order valence-corrected chi connectivity index (χ2v) is 7.20. The smallest absolute Gasteiger partial charge is 0.298 e. The molecule has 4 rings (SSSR count). The molecule has 0 aliphatic carbocycles. The molecule has 0 spiro atoms. The first kappa shape index (κ1) is 16.5. The Bertz CT molecular complexity index is 808. The van der Waals surface area contributed by atoms with Gasteiger partial charge in [-0.1, -0.05) is 30.7 Å². The molecule has 3 heterocycles. The molecule has 1 aromatic heterocycles. The molecular formula is C19H22ClN3O2. The lowest BCUT2D eigenvalue weighted by Crippen LogP contribution is -2.44. The second-order valence-electron chi connectivity index (χ2n) is 6.76. The van der Waals surface area contributed by atoms with E-state index in [0.29, 0.717) is 22.5 Å². The standard InChI is InChI=1S/C19H22ClN3O2/c1-2-15-4-3-9-23(15)18(24)13-7-10-22(11-8-13)19-21-16-6-5-14(20)12-17(16)25-19/h3-6,12-13,15H,2,7-11H2,1H3. The fourth-order valence-corrected chi connectivity index (χ4v) is 3.92. The number of hydrogen-bond donors (Lipinski definition) is 0. The first-order chi connectivity index (χ1) is 12.2. The highest BCUT2D eigenvalue weighted by Gasteiger charge is 2.33. The Morgan fingerprint density at radius 2 is 2.16 bits per heavy atom. The number of rotatable bonds is 3. The molecule has 5 nitrogen and oxygen atoms in total. The molecule has 1 atom stereocenters. The van der Waals surface area contributed by atoms with Gasteiger partial charge in [0.05, 0.1) is 6.04 Å². The average molecular weight is 360 g/mol. The number of hydrogen-bond acceptors (Lipinski definition) is 4. The summed E-state index contributed by atoms with van der Waals surface area (Å²) in [5, 5.41) is 0.643. The molecule has 1 fully saturated rings. The second kappa shape index (κ2) is 6.71. The van der Waals surface area contributed by atoms with Crippen LogP contribution in [0.1, 0.15) is 26.2 Å². The van der Waals surface area contributed by atoms with E-state index in [1.807, 2.05) is 17.0 Å². The number of benzene rings is 1. The van der Waals surface area contributed by atoms with E-state index < -0.39 is 0 Å². The maximum Gasteiger partial charge on any atom is 0.298 e. The summed E-state index contributed by atoms with van der Waals surface area (Å²) in [5.41, 5.74) is 1.51. The van der Waals surface area contributed by atoms with Crippen LogP contribution in [0, 0.1) is 5.92 Å². The molecule has 25 heavy (non-hydrogen) atoms. The van der Waals surface area contributed by atoms with Crippen molar-refractivity contribution < 1.29 is 9.21 Å². The third-order valence-corrected chi connectivity index (χ3v) is 5.45. The maximum absolute atomic E-state index is 12.8. The van der Waals surface area contributed by atoms with Crippen LogP contribution in [-0.2, 0) is 4.79 Å². The van der Waals surface area contributed by atoms with Crippen LogP contribution in [0.25, 0.3) is 11.1 Å². The van der Waals surface area contributed by atoms with Gasteiger partial charge in [0, 0.05) is 36.6 Å². The lowest BCUT2D eigenvalue weighted by Gasteiger charge is -2.34. The monoisotopic (exact) mass is 359 g/mol. The number of halogens is 1. The highest BCUT2D eigenvalue weighted by molar-refractivity contribution is 6.31. The molecule has 0 saturated carbocycles. The van der Waals surface area contributed by atoms with E-state index in [0.717, 1.165) is 44.4 Å². The first-order valence-corrected chi connectivity index (χ1v) is 9.31. The van der Waals surface area contributed by atoms with E-state index >= 15 is 0 Å². The number of anilines is 1. The van der Waals surface area contributed by atoms with Gasteiger partial charge in [-0.3, -0.25) is 4.79 Å². The molecule has 2 aromatic rings. The van der Waals surface area contributed by atoms with Gasteiger partial charge in [0.1, 0.15) is 5.52 Å². The van der Waals surface area contributed by atoms with Gasteiger partial charge >= 0.3 is 0 Å². The van der Waals surface area contributed by atoms with Gasteiger partial charge in [-0.05, 0) is 31.4 Å². The highest BCUT2D eigenvalue weighted by atomic mass is 35.5. The zero-order chi connectivity index (χ0) is 17.4. The molecule has 2 aliphatic rings. The van der Waals surface area contributed by atoms with Gasteiger partial charge in [0.25, 0.3) is 6.01 Å². The Morgan fingerprint density at radius 1 is 1.36 bits per heavy atom. The Labute approximate surface area is 152 Å². The summed E-state index contributed by atoms with van der Waals surface area (Å²) in [7, 11) is 0. The van der Waals surface area contributed by atoms with Crippen LogP contribution in [0.15, 0.2) is 34.8 Å². The van der Waals surface area contributed by atoms with E-state index in [-0.39, 0.29) is 12.0 Å². The Balaban J connectivity index is 1.41. The molecular weight excluding hydrogens is 338 g/mol. The average Bonchev–Trinajstić information content (AvgIpc) is 3.27. The molecule has 2 aliphatic heterocycles. The maximum atomic E-state index is 12.8. The normalized spacial score (nSPS) is 21.4. The Kier molecular flexibility index (Phi) is 4.42. The summed E-state index contributed by atoms with van der Waals surface area (Å²) in [6.07, 6.45) is 6.91. The number of aromatic nitrogens is 1.